The number of amides is 1. The van der Waals surface area contributed by atoms with Gasteiger partial charge in [0.15, 0.2) is 5.65 Å². The van der Waals surface area contributed by atoms with Gasteiger partial charge in [-0.3, -0.25) is 14.9 Å². The first-order valence-corrected chi connectivity index (χ1v) is 14.7. The van der Waals surface area contributed by atoms with Crippen molar-refractivity contribution in [2.24, 2.45) is 0 Å². The second-order valence-electron chi connectivity index (χ2n) is 11.4. The van der Waals surface area contributed by atoms with E-state index in [-0.39, 0.29) is 17.9 Å². The largest absolute Gasteiger partial charge is 0.355 e. The van der Waals surface area contributed by atoms with Gasteiger partial charge in [-0.1, -0.05) is 38.1 Å². The van der Waals surface area contributed by atoms with E-state index in [1.54, 1.807) is 21.9 Å². The van der Waals surface area contributed by atoms with Crippen LogP contribution in [0.15, 0.2) is 54.1 Å². The van der Waals surface area contributed by atoms with E-state index in [0.717, 1.165) is 33.3 Å². The summed E-state index contributed by atoms with van der Waals surface area (Å²) in [7, 11) is 0. The Morgan fingerprint density at radius 1 is 1.14 bits per heavy atom. The second-order valence-corrected chi connectivity index (χ2v) is 11.8. The molecular formula is C32H33ClN8O2. The molecule has 0 saturated carbocycles. The van der Waals surface area contributed by atoms with Crippen LogP contribution in [0.1, 0.15) is 43.5 Å². The third-order valence-electron chi connectivity index (χ3n) is 8.18. The van der Waals surface area contributed by atoms with Gasteiger partial charge in [0, 0.05) is 42.8 Å². The molecule has 6 rings (SSSR count). The number of carbonyl (C=O) groups is 1. The van der Waals surface area contributed by atoms with Crippen LogP contribution in [0, 0.1) is 13.8 Å². The summed E-state index contributed by atoms with van der Waals surface area (Å²) < 4.78 is 1.57. The van der Waals surface area contributed by atoms with Gasteiger partial charge in [-0.15, -0.1) is 0 Å². The van der Waals surface area contributed by atoms with Crippen LogP contribution in [0.3, 0.4) is 0 Å². The summed E-state index contributed by atoms with van der Waals surface area (Å²) in [5, 5.41) is 9.21. The van der Waals surface area contributed by atoms with Crippen molar-refractivity contribution < 1.29 is 4.79 Å². The molecule has 43 heavy (non-hydrogen) atoms. The molecule has 1 saturated heterocycles. The lowest BCUT2D eigenvalue weighted by molar-refractivity contribution is -0.126. The van der Waals surface area contributed by atoms with Gasteiger partial charge in [0.25, 0.3) is 0 Å². The van der Waals surface area contributed by atoms with Crippen LogP contribution < -0.4 is 10.6 Å². The SMILES string of the molecule is C=CC(=O)N1CCN(c2nc(=O)n(-c3c(C)ccnc3C(C)C)c3nc(-c4c(C)ccc5[nH]ncc45)c(Cl)cc23)[C@@H](C)C1. The highest BCUT2D eigenvalue weighted by Gasteiger charge is 2.30. The van der Waals surface area contributed by atoms with E-state index in [2.05, 4.69) is 31.6 Å². The van der Waals surface area contributed by atoms with Gasteiger partial charge in [0.1, 0.15) is 5.82 Å². The van der Waals surface area contributed by atoms with Crippen molar-refractivity contribution in [1.82, 2.24) is 34.6 Å². The van der Waals surface area contributed by atoms with Gasteiger partial charge in [-0.2, -0.15) is 10.1 Å². The van der Waals surface area contributed by atoms with Gasteiger partial charge in [0.2, 0.25) is 5.91 Å². The van der Waals surface area contributed by atoms with Crippen molar-refractivity contribution in [3.63, 3.8) is 0 Å². The summed E-state index contributed by atoms with van der Waals surface area (Å²) in [6.07, 6.45) is 4.85. The highest BCUT2D eigenvalue weighted by molar-refractivity contribution is 6.34. The fraction of sp³-hybridized carbons (Fsp3) is 0.312. The van der Waals surface area contributed by atoms with Crippen LogP contribution >= 0.6 is 11.6 Å². The highest BCUT2D eigenvalue weighted by Crippen LogP contribution is 2.38. The third kappa shape index (κ3) is 4.75. The molecule has 1 N–H and O–H groups in total. The molecule has 0 radical (unpaired) electrons. The van der Waals surface area contributed by atoms with Crippen LogP contribution in [0.25, 0.3) is 38.9 Å². The number of aromatic nitrogens is 6. The number of piperazine rings is 1. The van der Waals surface area contributed by atoms with Crippen molar-refractivity contribution in [3.8, 4) is 16.9 Å². The highest BCUT2D eigenvalue weighted by atomic mass is 35.5. The number of H-pyrrole nitrogens is 1. The van der Waals surface area contributed by atoms with Crippen LogP contribution in [0.5, 0.6) is 0 Å². The number of hydrogen-bond acceptors (Lipinski definition) is 7. The molecule has 0 aliphatic carbocycles. The average Bonchev–Trinajstić information content (AvgIpc) is 3.46. The Labute approximate surface area is 254 Å². The first-order valence-electron chi connectivity index (χ1n) is 14.3. The Kier molecular flexibility index (Phi) is 7.25. The van der Waals surface area contributed by atoms with E-state index in [0.29, 0.717) is 52.9 Å². The van der Waals surface area contributed by atoms with E-state index >= 15 is 0 Å². The second kappa shape index (κ2) is 10.9. The summed E-state index contributed by atoms with van der Waals surface area (Å²) in [5.41, 5.74) is 5.52. The number of fused-ring (bicyclic) bond motifs is 2. The minimum absolute atomic E-state index is 0.0423. The normalized spacial score (nSPS) is 15.6. The number of rotatable bonds is 5. The molecule has 0 spiro atoms. The van der Waals surface area contributed by atoms with Crippen molar-refractivity contribution in [2.45, 2.75) is 46.6 Å². The third-order valence-corrected chi connectivity index (χ3v) is 8.47. The maximum absolute atomic E-state index is 14.2. The zero-order valence-electron chi connectivity index (χ0n) is 24.8. The average molecular weight is 597 g/mol. The predicted octanol–water partition coefficient (Wildman–Crippen LogP) is 5.34. The van der Waals surface area contributed by atoms with Gasteiger partial charge in [-0.25, -0.2) is 14.3 Å². The lowest BCUT2D eigenvalue weighted by atomic mass is 10.00. The van der Waals surface area contributed by atoms with Crippen LogP contribution in [-0.4, -0.2) is 66.2 Å². The molecule has 1 aliphatic heterocycles. The van der Waals surface area contributed by atoms with Gasteiger partial charge >= 0.3 is 5.69 Å². The van der Waals surface area contributed by atoms with Crippen LogP contribution in [0.2, 0.25) is 5.02 Å². The molecule has 1 aromatic carbocycles. The van der Waals surface area contributed by atoms with Gasteiger partial charge in [-0.05, 0) is 62.1 Å². The maximum Gasteiger partial charge on any atom is 0.355 e. The molecule has 4 aromatic heterocycles. The molecule has 1 amide bonds. The Balaban J connectivity index is 1.67. The molecule has 11 heteroatoms. The molecule has 220 valence electrons. The first-order chi connectivity index (χ1) is 20.6. The quantitative estimate of drug-likeness (QED) is 0.273. The lowest BCUT2D eigenvalue weighted by Gasteiger charge is -2.40. The monoisotopic (exact) mass is 596 g/mol. The Bertz CT molecular complexity index is 1980. The van der Waals surface area contributed by atoms with Gasteiger partial charge < -0.3 is 9.80 Å². The molecule has 1 aliphatic rings. The summed E-state index contributed by atoms with van der Waals surface area (Å²) in [4.78, 5) is 44.8. The predicted molar refractivity (Wildman–Crippen MR) is 170 cm³/mol. The number of halogens is 1. The summed E-state index contributed by atoms with van der Waals surface area (Å²) >= 11 is 7.06. The Morgan fingerprint density at radius 3 is 2.65 bits per heavy atom. The van der Waals surface area contributed by atoms with Crippen molar-refractivity contribution in [2.75, 3.05) is 24.5 Å². The number of nitrogens with zero attached hydrogens (tertiary/aromatic N) is 7. The molecule has 1 fully saturated rings. The van der Waals surface area contributed by atoms with E-state index in [4.69, 9.17) is 16.6 Å². The van der Waals surface area contributed by atoms with E-state index < -0.39 is 5.69 Å². The topological polar surface area (TPSA) is 113 Å². The first kappa shape index (κ1) is 28.5. The standard InChI is InChI=1S/C32H33ClN8O2/c1-7-25(42)39-12-13-40(20(6)16-39)30-21-14-23(33)28(26-18(4)8-9-24-22(26)15-35-38-24)36-31(21)41(32(43)37-30)29-19(5)10-11-34-27(29)17(2)3/h7-11,14-15,17,20H,1,12-13,16H2,2-6H3,(H,35,38)/t20-/m0/s1. The Morgan fingerprint density at radius 2 is 1.93 bits per heavy atom. The van der Waals surface area contributed by atoms with Gasteiger partial charge in [0.05, 0.1) is 39.2 Å². The van der Waals surface area contributed by atoms with Crippen LogP contribution in [0.4, 0.5) is 5.82 Å². The molecular weight excluding hydrogens is 564 g/mol. The van der Waals surface area contributed by atoms with Crippen molar-refractivity contribution in [1.29, 1.82) is 0 Å². The minimum Gasteiger partial charge on any atom is -0.350 e. The zero-order valence-corrected chi connectivity index (χ0v) is 25.6. The molecule has 1 atom stereocenters. The summed E-state index contributed by atoms with van der Waals surface area (Å²) in [5.74, 6) is 0.410. The van der Waals surface area contributed by atoms with E-state index in [9.17, 15) is 9.59 Å². The lowest BCUT2D eigenvalue weighted by Crippen LogP contribution is -2.54. The molecule has 5 aromatic rings. The minimum atomic E-state index is -0.462. The number of anilines is 1. The molecule has 0 bridgehead atoms. The van der Waals surface area contributed by atoms with E-state index in [1.165, 1.54) is 6.08 Å². The fourth-order valence-corrected chi connectivity index (χ4v) is 6.27. The number of nitrogens with one attached hydrogen (secondary N) is 1. The number of carbonyl (C=O) groups excluding carboxylic acids is 1. The van der Waals surface area contributed by atoms with Crippen molar-refractivity contribution in [3.05, 3.63) is 81.6 Å². The van der Waals surface area contributed by atoms with E-state index in [1.807, 2.05) is 58.9 Å². The molecule has 5 heterocycles. The number of hydrogen-bond donors (Lipinski definition) is 1. The van der Waals surface area contributed by atoms with Crippen molar-refractivity contribution >= 4 is 45.3 Å². The number of pyridine rings is 2. The number of benzene rings is 1. The maximum atomic E-state index is 14.2. The zero-order chi connectivity index (χ0) is 30.6. The molecule has 10 nitrogen and oxygen atoms in total. The fourth-order valence-electron chi connectivity index (χ4n) is 6.03. The smallest absolute Gasteiger partial charge is 0.350 e. The summed E-state index contributed by atoms with van der Waals surface area (Å²) in [6, 6.07) is 7.59. The van der Waals surface area contributed by atoms with Crippen LogP contribution in [-0.2, 0) is 4.79 Å². The number of aryl methyl sites for hydroxylation is 2. The molecule has 0 unspecified atom stereocenters. The number of aromatic amines is 1. The Hall–Kier alpha value is -4.57. The summed E-state index contributed by atoms with van der Waals surface area (Å²) in [6.45, 7) is 15.1.